The van der Waals surface area contributed by atoms with Gasteiger partial charge in [0.2, 0.25) is 0 Å². The molecule has 1 saturated heterocycles. The van der Waals surface area contributed by atoms with E-state index in [1.807, 2.05) is 18.2 Å². The first-order valence-corrected chi connectivity index (χ1v) is 10.4. The van der Waals surface area contributed by atoms with Crippen LogP contribution in [0.2, 0.25) is 0 Å². The number of hydrogen-bond acceptors (Lipinski definition) is 3. The molecule has 0 spiro atoms. The number of amides is 3. The number of fused-ring (bicyclic) bond motifs is 1. The summed E-state index contributed by atoms with van der Waals surface area (Å²) in [4.78, 5) is 40.3. The van der Waals surface area contributed by atoms with Crippen LogP contribution in [-0.4, -0.2) is 42.3 Å². The van der Waals surface area contributed by atoms with Crippen LogP contribution in [-0.2, 0) is 13.1 Å². The van der Waals surface area contributed by atoms with Gasteiger partial charge in [-0.05, 0) is 23.8 Å². The van der Waals surface area contributed by atoms with Gasteiger partial charge in [-0.3, -0.25) is 19.3 Å². The Balaban J connectivity index is 1.45. The van der Waals surface area contributed by atoms with Gasteiger partial charge in [0.25, 0.3) is 17.7 Å². The summed E-state index contributed by atoms with van der Waals surface area (Å²) >= 11 is 0. The molecular weight excluding hydrogens is 378 g/mol. The van der Waals surface area contributed by atoms with Crippen molar-refractivity contribution in [2.75, 3.05) is 19.6 Å². The van der Waals surface area contributed by atoms with E-state index in [0.29, 0.717) is 17.7 Å². The minimum Gasteiger partial charge on any atom is -0.348 e. The number of hydrogen-bond donors (Lipinski definition) is 2. The lowest BCUT2D eigenvalue weighted by molar-refractivity contribution is -0.901. The fourth-order valence-corrected chi connectivity index (χ4v) is 4.23. The summed E-state index contributed by atoms with van der Waals surface area (Å²) < 4.78 is 0. The molecule has 0 aromatic heterocycles. The monoisotopic (exact) mass is 404 g/mol. The quantitative estimate of drug-likeness (QED) is 0.544. The molecule has 1 fully saturated rings. The summed E-state index contributed by atoms with van der Waals surface area (Å²) in [5, 5.41) is 2.96. The zero-order chi connectivity index (χ0) is 21.1. The van der Waals surface area contributed by atoms with Gasteiger partial charge in [0.15, 0.2) is 0 Å². The van der Waals surface area contributed by atoms with Crippen molar-refractivity contribution in [3.05, 3.63) is 82.9 Å². The molecule has 3 amide bonds. The average Bonchev–Trinajstić information content (AvgIpc) is 3.35. The standard InChI is InChI=1S/C24H25N3O3/c1-2-11-27-23(29)20-10-9-17(14-21(20)24(27)30)22(28)25-15-18-7-3-4-8-19(18)16-26-12-5-6-13-26/h2-4,7-10,14H,1,5-6,11-13,15-16H2,(H,25,28)/p+1. The van der Waals surface area contributed by atoms with Crippen LogP contribution < -0.4 is 10.2 Å². The van der Waals surface area contributed by atoms with Crippen LogP contribution in [0.4, 0.5) is 0 Å². The highest BCUT2D eigenvalue weighted by atomic mass is 16.2. The second-order valence-electron chi connectivity index (χ2n) is 7.86. The van der Waals surface area contributed by atoms with Crippen LogP contribution >= 0.6 is 0 Å². The number of imide groups is 1. The second-order valence-corrected chi connectivity index (χ2v) is 7.86. The van der Waals surface area contributed by atoms with E-state index >= 15 is 0 Å². The molecule has 2 aliphatic heterocycles. The highest BCUT2D eigenvalue weighted by Gasteiger charge is 2.35. The van der Waals surface area contributed by atoms with E-state index < -0.39 is 0 Å². The second kappa shape index (κ2) is 8.63. The number of benzene rings is 2. The Kier molecular flexibility index (Phi) is 5.77. The first-order valence-electron chi connectivity index (χ1n) is 10.4. The van der Waals surface area contributed by atoms with Gasteiger partial charge in [0.05, 0.1) is 24.2 Å². The Bertz CT molecular complexity index is 1010. The summed E-state index contributed by atoms with van der Waals surface area (Å²) in [5.41, 5.74) is 3.34. The van der Waals surface area contributed by atoms with Gasteiger partial charge in [0, 0.05) is 37.1 Å². The summed E-state index contributed by atoms with van der Waals surface area (Å²) in [7, 11) is 0. The smallest absolute Gasteiger partial charge is 0.261 e. The minimum absolute atomic E-state index is 0.156. The van der Waals surface area contributed by atoms with E-state index in [2.05, 4.69) is 18.0 Å². The van der Waals surface area contributed by atoms with Crippen molar-refractivity contribution in [1.82, 2.24) is 10.2 Å². The van der Waals surface area contributed by atoms with Crippen LogP contribution in [0.3, 0.4) is 0 Å². The van der Waals surface area contributed by atoms with Gasteiger partial charge < -0.3 is 10.2 Å². The Morgan fingerprint density at radius 1 is 1.03 bits per heavy atom. The summed E-state index contributed by atoms with van der Waals surface area (Å²) in [6.45, 7) is 7.54. The van der Waals surface area contributed by atoms with Crippen molar-refractivity contribution < 1.29 is 19.3 Å². The molecule has 0 radical (unpaired) electrons. The third-order valence-corrected chi connectivity index (χ3v) is 5.85. The third-order valence-electron chi connectivity index (χ3n) is 5.85. The van der Waals surface area contributed by atoms with Gasteiger partial charge in [-0.1, -0.05) is 30.3 Å². The number of nitrogens with one attached hydrogen (secondary N) is 2. The Hall–Kier alpha value is -3.25. The molecule has 6 heteroatoms. The van der Waals surface area contributed by atoms with Gasteiger partial charge in [0.1, 0.15) is 6.54 Å². The number of rotatable bonds is 7. The van der Waals surface area contributed by atoms with Crippen molar-refractivity contribution in [1.29, 1.82) is 0 Å². The average molecular weight is 404 g/mol. The normalized spacial score (nSPS) is 16.1. The first-order chi connectivity index (χ1) is 14.6. The van der Waals surface area contributed by atoms with E-state index in [-0.39, 0.29) is 29.8 Å². The van der Waals surface area contributed by atoms with Crippen LogP contribution in [0.5, 0.6) is 0 Å². The number of quaternary nitrogens is 1. The van der Waals surface area contributed by atoms with E-state index in [4.69, 9.17) is 0 Å². The summed E-state index contributed by atoms with van der Waals surface area (Å²) in [6.07, 6.45) is 4.06. The van der Waals surface area contributed by atoms with Gasteiger partial charge >= 0.3 is 0 Å². The lowest BCUT2D eigenvalue weighted by Crippen LogP contribution is -3.08. The molecule has 0 atom stereocenters. The van der Waals surface area contributed by atoms with Crippen molar-refractivity contribution >= 4 is 17.7 Å². The minimum atomic E-state index is -0.386. The molecule has 0 saturated carbocycles. The lowest BCUT2D eigenvalue weighted by atomic mass is 10.0. The molecule has 0 unspecified atom stereocenters. The zero-order valence-electron chi connectivity index (χ0n) is 16.9. The van der Waals surface area contributed by atoms with Gasteiger partial charge in [-0.25, -0.2) is 0 Å². The molecule has 154 valence electrons. The summed E-state index contributed by atoms with van der Waals surface area (Å²) in [6, 6.07) is 12.8. The number of carbonyl (C=O) groups is 3. The van der Waals surface area contributed by atoms with Gasteiger partial charge in [-0.2, -0.15) is 0 Å². The van der Waals surface area contributed by atoms with E-state index in [9.17, 15) is 14.4 Å². The van der Waals surface area contributed by atoms with Crippen LogP contribution in [0, 0.1) is 0 Å². The maximum atomic E-state index is 12.7. The fraction of sp³-hybridized carbons (Fsp3) is 0.292. The van der Waals surface area contributed by atoms with Crippen LogP contribution in [0.15, 0.2) is 55.1 Å². The number of carbonyl (C=O) groups excluding carboxylic acids is 3. The zero-order valence-corrected chi connectivity index (χ0v) is 16.9. The van der Waals surface area contributed by atoms with Crippen LogP contribution in [0.1, 0.15) is 55.0 Å². The van der Waals surface area contributed by atoms with E-state index in [1.165, 1.54) is 43.6 Å². The molecule has 4 rings (SSSR count). The molecule has 6 nitrogen and oxygen atoms in total. The Labute approximate surface area is 176 Å². The lowest BCUT2D eigenvalue weighted by Gasteiger charge is -2.15. The van der Waals surface area contributed by atoms with E-state index in [0.717, 1.165) is 17.0 Å². The number of nitrogens with zero attached hydrogens (tertiary/aromatic N) is 1. The highest BCUT2D eigenvalue weighted by molar-refractivity contribution is 6.22. The molecule has 2 N–H and O–H groups in total. The highest BCUT2D eigenvalue weighted by Crippen LogP contribution is 2.24. The molecular formula is C24H26N3O3+. The van der Waals surface area contributed by atoms with Crippen LogP contribution in [0.25, 0.3) is 0 Å². The number of likely N-dealkylation sites (tertiary alicyclic amines) is 1. The first kappa shape index (κ1) is 20.0. The van der Waals surface area contributed by atoms with Crippen molar-refractivity contribution in [3.63, 3.8) is 0 Å². The maximum Gasteiger partial charge on any atom is 0.261 e. The van der Waals surface area contributed by atoms with E-state index in [1.54, 1.807) is 17.0 Å². The molecule has 2 aliphatic rings. The summed E-state index contributed by atoms with van der Waals surface area (Å²) in [5.74, 6) is -0.993. The Morgan fingerprint density at radius 2 is 1.73 bits per heavy atom. The predicted octanol–water partition coefficient (Wildman–Crippen LogP) is 1.58. The SMILES string of the molecule is C=CCN1C(=O)c2ccc(C(=O)NCc3ccccc3C[NH+]3CCCC3)cc2C1=O. The molecule has 2 heterocycles. The van der Waals surface area contributed by atoms with Crippen molar-refractivity contribution in [2.24, 2.45) is 0 Å². The molecule has 0 aliphatic carbocycles. The largest absolute Gasteiger partial charge is 0.348 e. The predicted molar refractivity (Wildman–Crippen MR) is 113 cm³/mol. The topological polar surface area (TPSA) is 70.9 Å². The third kappa shape index (κ3) is 3.91. The molecule has 30 heavy (non-hydrogen) atoms. The molecule has 0 bridgehead atoms. The fourth-order valence-electron chi connectivity index (χ4n) is 4.23. The van der Waals surface area contributed by atoms with Crippen molar-refractivity contribution in [2.45, 2.75) is 25.9 Å². The molecule has 2 aromatic rings. The van der Waals surface area contributed by atoms with Crippen molar-refractivity contribution in [3.8, 4) is 0 Å². The maximum absolute atomic E-state index is 12.7. The Morgan fingerprint density at radius 3 is 2.47 bits per heavy atom. The van der Waals surface area contributed by atoms with Gasteiger partial charge in [-0.15, -0.1) is 6.58 Å². The molecule has 2 aromatic carbocycles.